The molecule has 0 radical (unpaired) electrons. The monoisotopic (exact) mass is 461 g/mol. The number of hydrogen-bond acceptors (Lipinski definition) is 7. The maximum Gasteiger partial charge on any atom is 0.267 e. The molecule has 0 bridgehead atoms. The number of carbonyl (C=O) groups excluding carboxylic acids is 1. The summed E-state index contributed by atoms with van der Waals surface area (Å²) < 4.78 is 38.9. The number of sulfonamides is 1. The minimum atomic E-state index is -3.71. The maximum absolute atomic E-state index is 12.9. The highest BCUT2D eigenvalue weighted by molar-refractivity contribution is 7.89. The van der Waals surface area contributed by atoms with Crippen molar-refractivity contribution >= 4 is 27.7 Å². The van der Waals surface area contributed by atoms with Crippen LogP contribution in [0.15, 0.2) is 53.4 Å². The Balaban J connectivity index is 1.67. The molecule has 2 aromatic carbocycles. The molecule has 2 aromatic rings. The van der Waals surface area contributed by atoms with Crippen LogP contribution in [0.2, 0.25) is 0 Å². The molecule has 1 amide bonds. The molecule has 1 aliphatic rings. The van der Waals surface area contributed by atoms with Gasteiger partial charge < -0.3 is 14.4 Å². The predicted octanol–water partition coefficient (Wildman–Crippen LogP) is 2.17. The van der Waals surface area contributed by atoms with Crippen LogP contribution in [0.3, 0.4) is 0 Å². The number of piperidine rings is 1. The smallest absolute Gasteiger partial charge is 0.267 e. The SMILES string of the molecule is COc1ccc(S(=O)(=O)NC2CCN(c3ccccc3C=CC(=O)NO)CC2)cc1OC. The number of ether oxygens (including phenoxy) is 2. The highest BCUT2D eigenvalue weighted by Crippen LogP contribution is 2.30. The van der Waals surface area contributed by atoms with Gasteiger partial charge in [0.25, 0.3) is 5.91 Å². The van der Waals surface area contributed by atoms with E-state index in [4.69, 9.17) is 14.7 Å². The van der Waals surface area contributed by atoms with E-state index in [1.54, 1.807) is 17.6 Å². The van der Waals surface area contributed by atoms with E-state index in [2.05, 4.69) is 9.62 Å². The van der Waals surface area contributed by atoms with Gasteiger partial charge in [-0.2, -0.15) is 0 Å². The minimum absolute atomic E-state index is 0.121. The molecule has 1 heterocycles. The van der Waals surface area contributed by atoms with Gasteiger partial charge in [-0.3, -0.25) is 10.0 Å². The van der Waals surface area contributed by atoms with E-state index in [1.807, 2.05) is 24.3 Å². The second-order valence-electron chi connectivity index (χ2n) is 7.27. The van der Waals surface area contributed by atoms with E-state index in [-0.39, 0.29) is 10.9 Å². The second kappa shape index (κ2) is 10.5. The average molecular weight is 462 g/mol. The Labute approximate surface area is 187 Å². The molecule has 0 spiro atoms. The molecule has 32 heavy (non-hydrogen) atoms. The molecule has 1 saturated heterocycles. The lowest BCUT2D eigenvalue weighted by molar-refractivity contribution is -0.124. The number of carbonyl (C=O) groups is 1. The Hall–Kier alpha value is -3.08. The fraction of sp³-hybridized carbons (Fsp3) is 0.318. The van der Waals surface area contributed by atoms with Crippen molar-refractivity contribution in [2.24, 2.45) is 0 Å². The van der Waals surface area contributed by atoms with E-state index >= 15 is 0 Å². The molecule has 10 heteroatoms. The Bertz CT molecular complexity index is 1080. The summed E-state index contributed by atoms with van der Waals surface area (Å²) in [7, 11) is -0.760. The average Bonchev–Trinajstić information content (AvgIpc) is 2.82. The summed E-state index contributed by atoms with van der Waals surface area (Å²) >= 11 is 0. The number of hydrogen-bond donors (Lipinski definition) is 3. The first-order chi connectivity index (χ1) is 15.4. The van der Waals surface area contributed by atoms with Gasteiger partial charge >= 0.3 is 0 Å². The number of rotatable bonds is 8. The third-order valence-electron chi connectivity index (χ3n) is 5.28. The summed E-state index contributed by atoms with van der Waals surface area (Å²) in [5, 5.41) is 8.66. The molecule has 0 unspecified atom stereocenters. The molecular formula is C22H27N3O6S. The zero-order chi connectivity index (χ0) is 23.1. The van der Waals surface area contributed by atoms with Gasteiger partial charge in [0.2, 0.25) is 10.0 Å². The number of para-hydroxylation sites is 1. The highest BCUT2D eigenvalue weighted by atomic mass is 32.2. The number of hydroxylamine groups is 1. The highest BCUT2D eigenvalue weighted by Gasteiger charge is 2.26. The molecule has 0 aromatic heterocycles. The molecule has 1 aliphatic heterocycles. The Morgan fingerprint density at radius 1 is 1.09 bits per heavy atom. The standard InChI is InChI=1S/C22H27N3O6S/c1-30-20-9-8-18(15-21(20)31-2)32(28,29)24-17-11-13-25(14-12-17)19-6-4-3-5-16(19)7-10-22(26)23-27/h3-10,15,17,24,27H,11-14H2,1-2H3,(H,23,26). The summed E-state index contributed by atoms with van der Waals surface area (Å²) in [5.74, 6) is 0.205. The largest absolute Gasteiger partial charge is 0.493 e. The fourth-order valence-corrected chi connectivity index (χ4v) is 4.95. The van der Waals surface area contributed by atoms with E-state index in [9.17, 15) is 13.2 Å². The van der Waals surface area contributed by atoms with Crippen molar-refractivity contribution in [3.05, 3.63) is 54.1 Å². The summed E-state index contributed by atoms with van der Waals surface area (Å²) in [4.78, 5) is 13.6. The van der Waals surface area contributed by atoms with Gasteiger partial charge in [0.15, 0.2) is 11.5 Å². The number of anilines is 1. The van der Waals surface area contributed by atoms with Gasteiger partial charge in [0.1, 0.15) is 0 Å². The van der Waals surface area contributed by atoms with E-state index in [0.717, 1.165) is 11.3 Å². The topological polar surface area (TPSA) is 117 Å². The van der Waals surface area contributed by atoms with Crippen molar-refractivity contribution in [1.82, 2.24) is 10.2 Å². The number of nitrogens with one attached hydrogen (secondary N) is 2. The van der Waals surface area contributed by atoms with Gasteiger partial charge in [-0.15, -0.1) is 0 Å². The van der Waals surface area contributed by atoms with Crippen molar-refractivity contribution in [3.63, 3.8) is 0 Å². The van der Waals surface area contributed by atoms with E-state index in [0.29, 0.717) is 37.4 Å². The molecule has 0 saturated carbocycles. The normalized spacial score (nSPS) is 15.0. The molecule has 1 fully saturated rings. The van der Waals surface area contributed by atoms with Crippen LogP contribution in [0, 0.1) is 0 Å². The van der Waals surface area contributed by atoms with Gasteiger partial charge in [-0.25, -0.2) is 18.6 Å². The van der Waals surface area contributed by atoms with Crippen molar-refractivity contribution in [2.45, 2.75) is 23.8 Å². The summed E-state index contributed by atoms with van der Waals surface area (Å²) in [6, 6.07) is 11.9. The van der Waals surface area contributed by atoms with Crippen LogP contribution in [-0.4, -0.2) is 52.9 Å². The third-order valence-corrected chi connectivity index (χ3v) is 6.80. The van der Waals surface area contributed by atoms with Gasteiger partial charge in [0.05, 0.1) is 19.1 Å². The van der Waals surface area contributed by atoms with Crippen molar-refractivity contribution < 1.29 is 27.9 Å². The maximum atomic E-state index is 12.9. The number of amides is 1. The summed E-state index contributed by atoms with van der Waals surface area (Å²) in [6.07, 6.45) is 4.14. The van der Waals surface area contributed by atoms with Gasteiger partial charge in [-0.05, 0) is 42.7 Å². The molecular weight excluding hydrogens is 434 g/mol. The first-order valence-electron chi connectivity index (χ1n) is 10.1. The van der Waals surface area contributed by atoms with Gasteiger partial charge in [0, 0.05) is 37.0 Å². The first-order valence-corrected chi connectivity index (χ1v) is 11.6. The van der Waals surface area contributed by atoms with Crippen LogP contribution < -0.4 is 24.6 Å². The van der Waals surface area contributed by atoms with Crippen LogP contribution in [0.25, 0.3) is 6.08 Å². The minimum Gasteiger partial charge on any atom is -0.493 e. The van der Waals surface area contributed by atoms with Crippen molar-refractivity contribution in [3.8, 4) is 11.5 Å². The number of nitrogens with zero attached hydrogens (tertiary/aromatic N) is 1. The Morgan fingerprint density at radius 3 is 2.44 bits per heavy atom. The lowest BCUT2D eigenvalue weighted by atomic mass is 10.0. The Morgan fingerprint density at radius 2 is 1.78 bits per heavy atom. The predicted molar refractivity (Wildman–Crippen MR) is 121 cm³/mol. The Kier molecular flexibility index (Phi) is 7.73. The zero-order valence-corrected chi connectivity index (χ0v) is 18.8. The summed E-state index contributed by atoms with van der Waals surface area (Å²) in [5.41, 5.74) is 3.34. The van der Waals surface area contributed by atoms with Crippen LogP contribution in [-0.2, 0) is 14.8 Å². The van der Waals surface area contributed by atoms with E-state index in [1.165, 1.54) is 32.4 Å². The molecule has 0 atom stereocenters. The van der Waals surface area contributed by atoms with Crippen LogP contribution in [0.5, 0.6) is 11.5 Å². The van der Waals surface area contributed by atoms with Crippen molar-refractivity contribution in [1.29, 1.82) is 0 Å². The first kappa shape index (κ1) is 23.6. The third kappa shape index (κ3) is 5.58. The molecule has 172 valence electrons. The zero-order valence-electron chi connectivity index (χ0n) is 17.9. The van der Waals surface area contributed by atoms with Crippen LogP contribution >= 0.6 is 0 Å². The van der Waals surface area contributed by atoms with E-state index < -0.39 is 15.9 Å². The second-order valence-corrected chi connectivity index (χ2v) is 8.98. The quantitative estimate of drug-likeness (QED) is 0.313. The number of methoxy groups -OCH3 is 2. The lowest BCUT2D eigenvalue weighted by Gasteiger charge is -2.34. The molecule has 9 nitrogen and oxygen atoms in total. The summed E-state index contributed by atoms with van der Waals surface area (Å²) in [6.45, 7) is 1.30. The molecule has 3 N–H and O–H groups in total. The van der Waals surface area contributed by atoms with Crippen LogP contribution in [0.1, 0.15) is 18.4 Å². The van der Waals surface area contributed by atoms with Crippen LogP contribution in [0.4, 0.5) is 5.69 Å². The number of benzene rings is 2. The van der Waals surface area contributed by atoms with Gasteiger partial charge in [-0.1, -0.05) is 18.2 Å². The molecule has 0 aliphatic carbocycles. The molecule has 3 rings (SSSR count). The lowest BCUT2D eigenvalue weighted by Crippen LogP contribution is -2.44. The fourth-order valence-electron chi connectivity index (χ4n) is 3.63. The van der Waals surface area contributed by atoms with Crippen molar-refractivity contribution in [2.75, 3.05) is 32.2 Å².